The summed E-state index contributed by atoms with van der Waals surface area (Å²) < 4.78 is 5.77. The van der Waals surface area contributed by atoms with Crippen molar-refractivity contribution >= 4 is 27.5 Å². The molecule has 76 valence electrons. The van der Waals surface area contributed by atoms with Gasteiger partial charge in [-0.25, -0.2) is 4.98 Å². The Bertz CT molecular complexity index is 332. The summed E-state index contributed by atoms with van der Waals surface area (Å²) in [6.45, 7) is 0.842. The van der Waals surface area contributed by atoms with Crippen LogP contribution in [0.3, 0.4) is 0 Å². The van der Waals surface area contributed by atoms with Gasteiger partial charge < -0.3 is 9.84 Å². The van der Waals surface area contributed by atoms with Gasteiger partial charge in [-0.3, -0.25) is 0 Å². The van der Waals surface area contributed by atoms with E-state index in [-0.39, 0.29) is 6.61 Å². The Balaban J connectivity index is 2.40. The van der Waals surface area contributed by atoms with E-state index in [1.54, 1.807) is 12.1 Å². The smallest absolute Gasteiger partial charge is 0.132 e. The molecule has 0 amide bonds. The highest BCUT2D eigenvalue weighted by Gasteiger charge is 2.35. The van der Waals surface area contributed by atoms with Gasteiger partial charge in [0.2, 0.25) is 0 Å². The molecular weight excluding hydrogens is 269 g/mol. The second kappa shape index (κ2) is 3.77. The number of aliphatic hydroxyl groups is 1. The molecular formula is C9H9BrClNO2. The first kappa shape index (κ1) is 10.4. The third-order valence-corrected chi connectivity index (χ3v) is 2.86. The standard InChI is InChI=1S/C9H9BrClNO2/c10-8-4-6(11)3-7(12-8)9(13)1-2-14-5-9/h3-4,13H,1-2,5H2. The molecule has 1 aromatic rings. The predicted molar refractivity (Wildman–Crippen MR) is 56.3 cm³/mol. The monoisotopic (exact) mass is 277 g/mol. The molecule has 1 aromatic heterocycles. The van der Waals surface area contributed by atoms with Crippen LogP contribution >= 0.6 is 27.5 Å². The van der Waals surface area contributed by atoms with Crippen LogP contribution in [0.5, 0.6) is 0 Å². The summed E-state index contributed by atoms with van der Waals surface area (Å²) in [5.74, 6) is 0. The summed E-state index contributed by atoms with van der Waals surface area (Å²) in [5.41, 5.74) is -0.415. The number of hydrogen-bond acceptors (Lipinski definition) is 3. The molecule has 2 rings (SSSR count). The number of hydrogen-bond donors (Lipinski definition) is 1. The van der Waals surface area contributed by atoms with E-state index in [4.69, 9.17) is 16.3 Å². The van der Waals surface area contributed by atoms with E-state index in [0.29, 0.717) is 28.3 Å². The van der Waals surface area contributed by atoms with Crippen LogP contribution in [0.4, 0.5) is 0 Å². The minimum Gasteiger partial charge on any atom is -0.381 e. The lowest BCUT2D eigenvalue weighted by Crippen LogP contribution is -2.27. The molecule has 1 fully saturated rings. The molecule has 1 atom stereocenters. The van der Waals surface area contributed by atoms with Crippen molar-refractivity contribution in [2.24, 2.45) is 0 Å². The molecule has 2 heterocycles. The van der Waals surface area contributed by atoms with E-state index in [1.165, 1.54) is 0 Å². The average molecular weight is 279 g/mol. The normalized spacial score (nSPS) is 26.8. The van der Waals surface area contributed by atoms with Gasteiger partial charge in [0.1, 0.15) is 10.2 Å². The Morgan fingerprint density at radius 3 is 2.93 bits per heavy atom. The highest BCUT2D eigenvalue weighted by molar-refractivity contribution is 9.10. The third kappa shape index (κ3) is 1.93. The minimum absolute atomic E-state index is 0.285. The molecule has 5 heteroatoms. The number of ether oxygens (including phenoxy) is 1. The molecule has 0 spiro atoms. The first-order chi connectivity index (χ1) is 6.60. The van der Waals surface area contributed by atoms with Crippen molar-refractivity contribution in [1.29, 1.82) is 0 Å². The lowest BCUT2D eigenvalue weighted by molar-refractivity contribution is 0.0193. The number of rotatable bonds is 1. The van der Waals surface area contributed by atoms with Gasteiger partial charge in [0, 0.05) is 18.1 Å². The molecule has 1 unspecified atom stereocenters. The molecule has 0 saturated carbocycles. The fraction of sp³-hybridized carbons (Fsp3) is 0.444. The van der Waals surface area contributed by atoms with E-state index >= 15 is 0 Å². The Kier molecular flexibility index (Phi) is 2.79. The zero-order valence-electron chi connectivity index (χ0n) is 7.33. The summed E-state index contributed by atoms with van der Waals surface area (Å²) in [7, 11) is 0. The van der Waals surface area contributed by atoms with Gasteiger partial charge in [-0.2, -0.15) is 0 Å². The van der Waals surface area contributed by atoms with Crippen LogP contribution in [-0.4, -0.2) is 23.3 Å². The summed E-state index contributed by atoms with van der Waals surface area (Å²) in [6, 6.07) is 3.35. The first-order valence-electron chi connectivity index (χ1n) is 4.24. The number of halogens is 2. The molecule has 0 aromatic carbocycles. The van der Waals surface area contributed by atoms with Gasteiger partial charge in [0.25, 0.3) is 0 Å². The summed E-state index contributed by atoms with van der Waals surface area (Å²) in [4.78, 5) is 4.19. The second-order valence-corrected chi connectivity index (χ2v) is 4.58. The lowest BCUT2D eigenvalue weighted by atomic mass is 9.98. The van der Waals surface area contributed by atoms with Crippen LogP contribution < -0.4 is 0 Å². The molecule has 1 saturated heterocycles. The van der Waals surface area contributed by atoms with Crippen LogP contribution in [0.2, 0.25) is 5.02 Å². The minimum atomic E-state index is -0.979. The Morgan fingerprint density at radius 1 is 1.57 bits per heavy atom. The van der Waals surface area contributed by atoms with Crippen molar-refractivity contribution in [3.63, 3.8) is 0 Å². The molecule has 0 aliphatic carbocycles. The molecule has 3 nitrogen and oxygen atoms in total. The maximum Gasteiger partial charge on any atom is 0.132 e. The lowest BCUT2D eigenvalue weighted by Gasteiger charge is -2.19. The zero-order chi connectivity index (χ0) is 10.2. The molecule has 0 radical (unpaired) electrons. The molecule has 14 heavy (non-hydrogen) atoms. The average Bonchev–Trinajstić information content (AvgIpc) is 2.52. The summed E-state index contributed by atoms with van der Waals surface area (Å²) in [5, 5.41) is 10.7. The van der Waals surface area contributed by atoms with Gasteiger partial charge in [-0.1, -0.05) is 11.6 Å². The fourth-order valence-corrected chi connectivity index (χ4v) is 2.24. The van der Waals surface area contributed by atoms with Crippen molar-refractivity contribution in [2.45, 2.75) is 12.0 Å². The SMILES string of the molecule is OC1(c2cc(Cl)cc(Br)n2)CCOC1. The van der Waals surface area contributed by atoms with Crippen molar-refractivity contribution in [1.82, 2.24) is 4.98 Å². The quantitative estimate of drug-likeness (QED) is 0.800. The van der Waals surface area contributed by atoms with Crippen molar-refractivity contribution in [3.8, 4) is 0 Å². The Labute approximate surface area is 95.2 Å². The van der Waals surface area contributed by atoms with E-state index in [0.717, 1.165) is 0 Å². The zero-order valence-corrected chi connectivity index (χ0v) is 9.68. The molecule has 1 aliphatic rings. The topological polar surface area (TPSA) is 42.4 Å². The molecule has 1 aliphatic heterocycles. The van der Waals surface area contributed by atoms with E-state index in [2.05, 4.69) is 20.9 Å². The van der Waals surface area contributed by atoms with Crippen molar-refractivity contribution < 1.29 is 9.84 Å². The summed E-state index contributed by atoms with van der Waals surface area (Å²) in [6.07, 6.45) is 0.562. The Morgan fingerprint density at radius 2 is 2.36 bits per heavy atom. The highest BCUT2D eigenvalue weighted by atomic mass is 79.9. The third-order valence-electron chi connectivity index (χ3n) is 2.24. The Hall–Kier alpha value is -0.160. The number of aromatic nitrogens is 1. The summed E-state index contributed by atoms with van der Waals surface area (Å²) >= 11 is 9.11. The predicted octanol–water partition coefficient (Wildman–Crippen LogP) is 2.11. The van der Waals surface area contributed by atoms with Crippen LogP contribution in [0.1, 0.15) is 12.1 Å². The van der Waals surface area contributed by atoms with Crippen LogP contribution in [-0.2, 0) is 10.3 Å². The van der Waals surface area contributed by atoms with Crippen LogP contribution in [0.25, 0.3) is 0 Å². The molecule has 1 N–H and O–H groups in total. The fourth-order valence-electron chi connectivity index (χ4n) is 1.46. The molecule has 0 bridgehead atoms. The van der Waals surface area contributed by atoms with Gasteiger partial charge in [-0.05, 0) is 28.1 Å². The van der Waals surface area contributed by atoms with Crippen molar-refractivity contribution in [3.05, 3.63) is 27.5 Å². The van der Waals surface area contributed by atoms with Crippen LogP contribution in [0.15, 0.2) is 16.7 Å². The maximum absolute atomic E-state index is 10.1. The first-order valence-corrected chi connectivity index (χ1v) is 5.41. The van der Waals surface area contributed by atoms with E-state index in [9.17, 15) is 5.11 Å². The number of pyridine rings is 1. The maximum atomic E-state index is 10.1. The largest absolute Gasteiger partial charge is 0.381 e. The van der Waals surface area contributed by atoms with Gasteiger partial charge in [0.15, 0.2) is 0 Å². The van der Waals surface area contributed by atoms with Gasteiger partial charge in [-0.15, -0.1) is 0 Å². The van der Waals surface area contributed by atoms with Crippen molar-refractivity contribution in [2.75, 3.05) is 13.2 Å². The second-order valence-electron chi connectivity index (χ2n) is 3.33. The van der Waals surface area contributed by atoms with E-state index < -0.39 is 5.60 Å². The number of nitrogens with zero attached hydrogens (tertiary/aromatic N) is 1. The van der Waals surface area contributed by atoms with Gasteiger partial charge in [0.05, 0.1) is 12.3 Å². The van der Waals surface area contributed by atoms with Crippen LogP contribution in [0, 0.1) is 0 Å². The van der Waals surface area contributed by atoms with Gasteiger partial charge >= 0.3 is 0 Å². The van der Waals surface area contributed by atoms with E-state index in [1.807, 2.05) is 0 Å². The highest BCUT2D eigenvalue weighted by Crippen LogP contribution is 2.31.